The summed E-state index contributed by atoms with van der Waals surface area (Å²) in [6.45, 7) is 1.86. The number of amides is 2. The maximum Gasteiger partial charge on any atom is 0.327 e. The number of thioether (sulfide) groups is 1. The minimum atomic E-state index is -0.959. The topological polar surface area (TPSA) is 82.8 Å². The molecule has 1 saturated heterocycles. The zero-order valence-corrected chi connectivity index (χ0v) is 11.4. The molecule has 0 aliphatic carbocycles. The lowest BCUT2D eigenvalue weighted by Gasteiger charge is -2.23. The number of nitrogens with one attached hydrogen (secondary N) is 1. The number of urea groups is 1. The third-order valence-corrected chi connectivity index (χ3v) is 3.90. The van der Waals surface area contributed by atoms with Gasteiger partial charge in [-0.2, -0.15) is 0 Å². The van der Waals surface area contributed by atoms with E-state index in [0.29, 0.717) is 18.1 Å². The van der Waals surface area contributed by atoms with Gasteiger partial charge < -0.3 is 19.7 Å². The first-order valence-corrected chi connectivity index (χ1v) is 7.13. The highest BCUT2D eigenvalue weighted by atomic mass is 32.2. The van der Waals surface area contributed by atoms with Gasteiger partial charge in [0.1, 0.15) is 11.8 Å². The van der Waals surface area contributed by atoms with Gasteiger partial charge in [-0.3, -0.25) is 0 Å². The van der Waals surface area contributed by atoms with Crippen LogP contribution in [0.1, 0.15) is 12.7 Å². The Hall–Kier alpha value is -1.63. The Bertz CT molecular complexity index is 449. The minimum absolute atomic E-state index is 0.112. The number of aliphatic carboxylic acids is 1. The van der Waals surface area contributed by atoms with Crippen LogP contribution in [0.4, 0.5) is 4.79 Å². The van der Waals surface area contributed by atoms with Crippen LogP contribution in [0.25, 0.3) is 0 Å². The lowest BCUT2D eigenvalue weighted by molar-refractivity contribution is -0.140. The summed E-state index contributed by atoms with van der Waals surface area (Å²) in [6.07, 6.45) is 2.17. The van der Waals surface area contributed by atoms with Crippen LogP contribution >= 0.6 is 11.8 Å². The van der Waals surface area contributed by atoms with E-state index in [1.165, 1.54) is 16.7 Å². The monoisotopic (exact) mass is 284 g/mol. The number of furan rings is 1. The maximum absolute atomic E-state index is 12.0. The minimum Gasteiger partial charge on any atom is -0.480 e. The summed E-state index contributed by atoms with van der Waals surface area (Å²) in [5.41, 5.74) is 0. The Labute approximate surface area is 115 Å². The molecule has 1 fully saturated rings. The zero-order chi connectivity index (χ0) is 13.8. The molecule has 1 aromatic rings. The van der Waals surface area contributed by atoms with E-state index in [0.717, 1.165) is 5.76 Å². The summed E-state index contributed by atoms with van der Waals surface area (Å²) in [6, 6.07) is 2.45. The van der Waals surface area contributed by atoms with E-state index in [1.807, 2.05) is 13.0 Å². The number of carboxylic acid groups (broad SMARTS) is 1. The summed E-state index contributed by atoms with van der Waals surface area (Å²) in [4.78, 5) is 24.4. The average molecular weight is 284 g/mol. The fourth-order valence-corrected chi connectivity index (χ4v) is 3.07. The molecule has 6 nitrogen and oxygen atoms in total. The SMILES string of the molecule is CC(Cc1ccco1)NC(=O)N1CSC[C@H]1C(=O)O. The number of carboxylic acids is 1. The second kappa shape index (κ2) is 6.01. The van der Waals surface area contributed by atoms with Gasteiger partial charge >= 0.3 is 12.0 Å². The number of hydrogen-bond acceptors (Lipinski definition) is 4. The second-order valence-corrected chi connectivity index (χ2v) is 5.46. The van der Waals surface area contributed by atoms with Crippen molar-refractivity contribution in [1.29, 1.82) is 0 Å². The van der Waals surface area contributed by atoms with Crippen molar-refractivity contribution in [2.24, 2.45) is 0 Å². The first-order valence-electron chi connectivity index (χ1n) is 5.98. The van der Waals surface area contributed by atoms with Crippen molar-refractivity contribution < 1.29 is 19.1 Å². The fraction of sp³-hybridized carbons (Fsp3) is 0.500. The van der Waals surface area contributed by atoms with Crippen LogP contribution in [-0.4, -0.2) is 45.7 Å². The molecule has 1 aliphatic rings. The van der Waals surface area contributed by atoms with Crippen LogP contribution in [0.5, 0.6) is 0 Å². The number of carbonyl (C=O) groups excluding carboxylic acids is 1. The van der Waals surface area contributed by atoms with E-state index in [4.69, 9.17) is 9.52 Å². The summed E-state index contributed by atoms with van der Waals surface area (Å²) < 4.78 is 5.21. The normalized spacial score (nSPS) is 20.3. The van der Waals surface area contributed by atoms with Crippen molar-refractivity contribution in [1.82, 2.24) is 10.2 Å². The summed E-state index contributed by atoms with van der Waals surface area (Å²) in [5.74, 6) is 0.684. The molecule has 2 rings (SSSR count). The molecule has 0 bridgehead atoms. The molecule has 0 spiro atoms. The van der Waals surface area contributed by atoms with E-state index >= 15 is 0 Å². The van der Waals surface area contributed by atoms with E-state index < -0.39 is 12.0 Å². The highest BCUT2D eigenvalue weighted by Gasteiger charge is 2.34. The number of carbonyl (C=O) groups is 2. The van der Waals surface area contributed by atoms with E-state index in [2.05, 4.69) is 5.32 Å². The molecule has 1 unspecified atom stereocenters. The van der Waals surface area contributed by atoms with Gasteiger partial charge in [-0.05, 0) is 19.1 Å². The Kier molecular flexibility index (Phi) is 4.36. The zero-order valence-electron chi connectivity index (χ0n) is 10.5. The standard InChI is InChI=1S/C12H16N2O4S/c1-8(5-9-3-2-4-18-9)13-12(17)14-7-19-6-10(14)11(15)16/h2-4,8,10H,5-7H2,1H3,(H,13,17)(H,15,16)/t8?,10-/m0/s1. The third-order valence-electron chi connectivity index (χ3n) is 2.89. The molecule has 2 amide bonds. The highest BCUT2D eigenvalue weighted by molar-refractivity contribution is 7.99. The average Bonchev–Trinajstić information content (AvgIpc) is 2.97. The number of nitrogens with zero attached hydrogens (tertiary/aromatic N) is 1. The molecule has 0 saturated carbocycles. The van der Waals surface area contributed by atoms with Gasteiger partial charge in [0.15, 0.2) is 0 Å². The van der Waals surface area contributed by atoms with E-state index in [9.17, 15) is 9.59 Å². The van der Waals surface area contributed by atoms with Gasteiger partial charge in [0.2, 0.25) is 0 Å². The van der Waals surface area contributed by atoms with Crippen LogP contribution in [0, 0.1) is 0 Å². The predicted octanol–water partition coefficient (Wildman–Crippen LogP) is 1.38. The molecule has 1 aromatic heterocycles. The summed E-state index contributed by atoms with van der Waals surface area (Å²) in [5, 5.41) is 11.8. The number of rotatable bonds is 4. The van der Waals surface area contributed by atoms with Gasteiger partial charge in [0.05, 0.1) is 12.1 Å². The van der Waals surface area contributed by atoms with Crippen molar-refractivity contribution >= 4 is 23.8 Å². The lowest BCUT2D eigenvalue weighted by Crippen LogP contribution is -2.49. The van der Waals surface area contributed by atoms with E-state index in [1.54, 1.807) is 12.3 Å². The maximum atomic E-state index is 12.0. The molecule has 1 aliphatic heterocycles. The van der Waals surface area contributed by atoms with Crippen molar-refractivity contribution in [2.75, 3.05) is 11.6 Å². The Morgan fingerprint density at radius 1 is 1.68 bits per heavy atom. The van der Waals surface area contributed by atoms with Crippen LogP contribution in [0.3, 0.4) is 0 Å². The van der Waals surface area contributed by atoms with Gasteiger partial charge in [0, 0.05) is 18.2 Å². The summed E-state index contributed by atoms with van der Waals surface area (Å²) >= 11 is 1.45. The molecule has 2 heterocycles. The Morgan fingerprint density at radius 2 is 2.47 bits per heavy atom. The smallest absolute Gasteiger partial charge is 0.327 e. The molecule has 104 valence electrons. The quantitative estimate of drug-likeness (QED) is 0.872. The largest absolute Gasteiger partial charge is 0.480 e. The first-order chi connectivity index (χ1) is 9.08. The second-order valence-electron chi connectivity index (χ2n) is 4.46. The number of hydrogen-bond donors (Lipinski definition) is 2. The predicted molar refractivity (Wildman–Crippen MR) is 71.0 cm³/mol. The van der Waals surface area contributed by atoms with Crippen LogP contribution in [0.2, 0.25) is 0 Å². The molecular formula is C12H16N2O4S. The van der Waals surface area contributed by atoms with Gasteiger partial charge in [-0.15, -0.1) is 11.8 Å². The van der Waals surface area contributed by atoms with Gasteiger partial charge in [-0.25, -0.2) is 9.59 Å². The molecule has 19 heavy (non-hydrogen) atoms. The van der Waals surface area contributed by atoms with Crippen LogP contribution in [-0.2, 0) is 11.2 Å². The molecular weight excluding hydrogens is 268 g/mol. The van der Waals surface area contributed by atoms with Crippen molar-refractivity contribution in [3.8, 4) is 0 Å². The Morgan fingerprint density at radius 3 is 3.11 bits per heavy atom. The van der Waals surface area contributed by atoms with Crippen LogP contribution < -0.4 is 5.32 Å². The fourth-order valence-electron chi connectivity index (χ4n) is 1.92. The van der Waals surface area contributed by atoms with Crippen molar-refractivity contribution in [3.63, 3.8) is 0 Å². The molecule has 2 atom stereocenters. The Balaban J connectivity index is 1.88. The van der Waals surface area contributed by atoms with Gasteiger partial charge in [0.25, 0.3) is 0 Å². The highest BCUT2D eigenvalue weighted by Crippen LogP contribution is 2.21. The van der Waals surface area contributed by atoms with Crippen molar-refractivity contribution in [3.05, 3.63) is 24.2 Å². The van der Waals surface area contributed by atoms with Crippen LogP contribution in [0.15, 0.2) is 22.8 Å². The summed E-state index contributed by atoms with van der Waals surface area (Å²) in [7, 11) is 0. The first kappa shape index (κ1) is 13.8. The van der Waals surface area contributed by atoms with E-state index in [-0.39, 0.29) is 12.1 Å². The molecule has 0 radical (unpaired) electrons. The van der Waals surface area contributed by atoms with Crippen molar-refractivity contribution in [2.45, 2.75) is 25.4 Å². The molecule has 2 N–H and O–H groups in total. The lowest BCUT2D eigenvalue weighted by atomic mass is 10.2. The molecule has 7 heteroatoms. The molecule has 0 aromatic carbocycles. The van der Waals surface area contributed by atoms with Gasteiger partial charge in [-0.1, -0.05) is 0 Å². The third kappa shape index (κ3) is 3.44.